The van der Waals surface area contributed by atoms with Gasteiger partial charge in [0.1, 0.15) is 0 Å². The van der Waals surface area contributed by atoms with Crippen LogP contribution in [0, 0.1) is 17.8 Å². The standard InChI is InChI=1S/C12H25N/c1-9(2)6-12-8-13(5)11(4)7-10(12)3/h9-12H,6-8H2,1-5H3. The Labute approximate surface area is 83.5 Å². The van der Waals surface area contributed by atoms with Crippen LogP contribution in [0.3, 0.4) is 0 Å². The van der Waals surface area contributed by atoms with Gasteiger partial charge in [-0.25, -0.2) is 0 Å². The van der Waals surface area contributed by atoms with E-state index in [1.807, 2.05) is 0 Å². The summed E-state index contributed by atoms with van der Waals surface area (Å²) in [7, 11) is 2.27. The molecule has 0 aromatic carbocycles. The molecule has 0 aliphatic carbocycles. The smallest absolute Gasteiger partial charge is 0.00666 e. The maximum atomic E-state index is 2.52. The molecule has 1 heterocycles. The highest BCUT2D eigenvalue weighted by molar-refractivity contribution is 4.81. The van der Waals surface area contributed by atoms with E-state index in [9.17, 15) is 0 Å². The topological polar surface area (TPSA) is 3.24 Å². The van der Waals surface area contributed by atoms with Crippen molar-refractivity contribution in [2.75, 3.05) is 13.6 Å². The van der Waals surface area contributed by atoms with Crippen LogP contribution in [0.25, 0.3) is 0 Å². The molecule has 1 nitrogen and oxygen atoms in total. The molecule has 1 fully saturated rings. The Hall–Kier alpha value is -0.0400. The molecule has 0 aromatic rings. The fourth-order valence-corrected chi connectivity index (χ4v) is 2.55. The summed E-state index contributed by atoms with van der Waals surface area (Å²) >= 11 is 0. The van der Waals surface area contributed by atoms with Crippen LogP contribution < -0.4 is 0 Å². The fraction of sp³-hybridized carbons (Fsp3) is 1.00. The van der Waals surface area contributed by atoms with Crippen molar-refractivity contribution in [1.29, 1.82) is 0 Å². The van der Waals surface area contributed by atoms with Crippen LogP contribution in [0.4, 0.5) is 0 Å². The first-order chi connectivity index (χ1) is 6.00. The van der Waals surface area contributed by atoms with Crippen LogP contribution in [0.15, 0.2) is 0 Å². The molecule has 0 bridgehead atoms. The third-order valence-corrected chi connectivity index (χ3v) is 3.57. The van der Waals surface area contributed by atoms with Crippen LogP contribution in [-0.4, -0.2) is 24.5 Å². The van der Waals surface area contributed by atoms with Crippen molar-refractivity contribution >= 4 is 0 Å². The minimum absolute atomic E-state index is 0.790. The minimum Gasteiger partial charge on any atom is -0.303 e. The molecule has 1 rings (SSSR count). The van der Waals surface area contributed by atoms with Crippen molar-refractivity contribution in [3.63, 3.8) is 0 Å². The largest absolute Gasteiger partial charge is 0.303 e. The number of hydrogen-bond acceptors (Lipinski definition) is 1. The Kier molecular flexibility index (Phi) is 3.78. The van der Waals surface area contributed by atoms with Crippen LogP contribution in [0.1, 0.15) is 40.5 Å². The van der Waals surface area contributed by atoms with E-state index in [4.69, 9.17) is 0 Å². The third kappa shape index (κ3) is 2.98. The van der Waals surface area contributed by atoms with E-state index in [1.165, 1.54) is 19.4 Å². The van der Waals surface area contributed by atoms with E-state index in [0.29, 0.717) is 0 Å². The summed E-state index contributed by atoms with van der Waals surface area (Å²) in [5.41, 5.74) is 0. The van der Waals surface area contributed by atoms with E-state index < -0.39 is 0 Å². The molecule has 0 spiro atoms. The lowest BCUT2D eigenvalue weighted by Gasteiger charge is -2.40. The van der Waals surface area contributed by atoms with Crippen LogP contribution in [-0.2, 0) is 0 Å². The highest BCUT2D eigenvalue weighted by atomic mass is 15.1. The number of likely N-dealkylation sites (tertiary alicyclic amines) is 1. The Bertz CT molecular complexity index is 153. The van der Waals surface area contributed by atoms with Gasteiger partial charge in [-0.3, -0.25) is 0 Å². The number of hydrogen-bond donors (Lipinski definition) is 0. The molecule has 78 valence electrons. The molecule has 1 saturated heterocycles. The van der Waals surface area contributed by atoms with Crippen molar-refractivity contribution in [3.05, 3.63) is 0 Å². The van der Waals surface area contributed by atoms with Gasteiger partial charge in [0.05, 0.1) is 0 Å². The van der Waals surface area contributed by atoms with Crippen molar-refractivity contribution in [3.8, 4) is 0 Å². The highest BCUT2D eigenvalue weighted by Gasteiger charge is 2.28. The van der Waals surface area contributed by atoms with Gasteiger partial charge in [-0.1, -0.05) is 20.8 Å². The average molecular weight is 183 g/mol. The van der Waals surface area contributed by atoms with E-state index >= 15 is 0 Å². The third-order valence-electron chi connectivity index (χ3n) is 3.57. The normalized spacial score (nSPS) is 36.9. The number of nitrogens with zero attached hydrogens (tertiary/aromatic N) is 1. The molecular weight excluding hydrogens is 158 g/mol. The summed E-state index contributed by atoms with van der Waals surface area (Å²) in [6.07, 6.45) is 2.78. The maximum Gasteiger partial charge on any atom is 0.00666 e. The second-order valence-corrected chi connectivity index (χ2v) is 5.39. The first-order valence-corrected chi connectivity index (χ1v) is 5.71. The van der Waals surface area contributed by atoms with E-state index in [0.717, 1.165) is 23.8 Å². The zero-order chi connectivity index (χ0) is 10.0. The average Bonchev–Trinajstić information content (AvgIpc) is 1.99. The van der Waals surface area contributed by atoms with Gasteiger partial charge in [0.2, 0.25) is 0 Å². The first kappa shape index (κ1) is 11.0. The summed E-state index contributed by atoms with van der Waals surface area (Å²) in [6, 6.07) is 0.790. The van der Waals surface area contributed by atoms with Gasteiger partial charge in [-0.2, -0.15) is 0 Å². The number of piperidine rings is 1. The lowest BCUT2D eigenvalue weighted by atomic mass is 9.79. The van der Waals surface area contributed by atoms with Crippen LogP contribution >= 0.6 is 0 Å². The highest BCUT2D eigenvalue weighted by Crippen LogP contribution is 2.30. The second kappa shape index (κ2) is 4.45. The van der Waals surface area contributed by atoms with Gasteiger partial charge in [0.25, 0.3) is 0 Å². The molecule has 0 amide bonds. The lowest BCUT2D eigenvalue weighted by Crippen LogP contribution is -2.43. The van der Waals surface area contributed by atoms with E-state index in [1.54, 1.807) is 0 Å². The molecule has 3 atom stereocenters. The van der Waals surface area contributed by atoms with Gasteiger partial charge in [0.15, 0.2) is 0 Å². The van der Waals surface area contributed by atoms with Crippen LogP contribution in [0.5, 0.6) is 0 Å². The Morgan fingerprint density at radius 2 is 1.92 bits per heavy atom. The Morgan fingerprint density at radius 3 is 2.46 bits per heavy atom. The van der Waals surface area contributed by atoms with Gasteiger partial charge in [0, 0.05) is 12.6 Å². The quantitative estimate of drug-likeness (QED) is 0.636. The van der Waals surface area contributed by atoms with Gasteiger partial charge < -0.3 is 4.90 Å². The zero-order valence-corrected chi connectivity index (χ0v) is 9.88. The SMILES string of the molecule is CC(C)CC1CN(C)C(C)CC1C. The summed E-state index contributed by atoms with van der Waals surface area (Å²) in [5.74, 6) is 2.71. The van der Waals surface area contributed by atoms with Gasteiger partial charge in [-0.05, 0) is 44.6 Å². The van der Waals surface area contributed by atoms with Crippen molar-refractivity contribution in [1.82, 2.24) is 4.90 Å². The molecule has 1 aliphatic heterocycles. The Morgan fingerprint density at radius 1 is 1.31 bits per heavy atom. The van der Waals surface area contributed by atoms with E-state index in [-0.39, 0.29) is 0 Å². The summed E-state index contributed by atoms with van der Waals surface area (Å²) in [5, 5.41) is 0. The number of rotatable bonds is 2. The first-order valence-electron chi connectivity index (χ1n) is 5.71. The predicted octanol–water partition coefficient (Wildman–Crippen LogP) is 3.01. The molecule has 1 heteroatoms. The second-order valence-electron chi connectivity index (χ2n) is 5.39. The zero-order valence-electron chi connectivity index (χ0n) is 9.88. The molecule has 0 aromatic heterocycles. The van der Waals surface area contributed by atoms with Crippen molar-refractivity contribution < 1.29 is 0 Å². The summed E-state index contributed by atoms with van der Waals surface area (Å²) < 4.78 is 0. The monoisotopic (exact) mass is 183 g/mol. The molecule has 0 saturated carbocycles. The molecule has 3 unspecified atom stereocenters. The fourth-order valence-electron chi connectivity index (χ4n) is 2.55. The summed E-state index contributed by atoms with van der Waals surface area (Å²) in [4.78, 5) is 2.52. The molecule has 1 aliphatic rings. The molecule has 13 heavy (non-hydrogen) atoms. The van der Waals surface area contributed by atoms with Gasteiger partial charge >= 0.3 is 0 Å². The van der Waals surface area contributed by atoms with E-state index in [2.05, 4.69) is 39.6 Å². The molecule has 0 N–H and O–H groups in total. The molecular formula is C12H25N. The minimum atomic E-state index is 0.790. The maximum absolute atomic E-state index is 2.52. The predicted molar refractivity (Wildman–Crippen MR) is 58.8 cm³/mol. The Balaban J connectivity index is 2.46. The van der Waals surface area contributed by atoms with Crippen LogP contribution in [0.2, 0.25) is 0 Å². The van der Waals surface area contributed by atoms with Gasteiger partial charge in [-0.15, -0.1) is 0 Å². The summed E-state index contributed by atoms with van der Waals surface area (Å²) in [6.45, 7) is 10.8. The van der Waals surface area contributed by atoms with Crippen molar-refractivity contribution in [2.45, 2.75) is 46.6 Å². The lowest BCUT2D eigenvalue weighted by molar-refractivity contribution is 0.0896. The van der Waals surface area contributed by atoms with Crippen molar-refractivity contribution in [2.24, 2.45) is 17.8 Å². The molecule has 0 radical (unpaired) electrons.